The zero-order valence-corrected chi connectivity index (χ0v) is 13.1. The molecular weight excluding hydrogens is 238 g/mol. The van der Waals surface area contributed by atoms with Gasteiger partial charge in [0, 0.05) is 13.6 Å². The van der Waals surface area contributed by atoms with Gasteiger partial charge < -0.3 is 11.1 Å². The van der Waals surface area contributed by atoms with Crippen molar-refractivity contribution in [3.8, 4) is 0 Å². The molecule has 1 rings (SSSR count). The smallest absolute Gasteiger partial charge is 0.213 e. The number of nitrogens with two attached hydrogens (primary N) is 2. The minimum Gasteiger partial charge on any atom is -0.397 e. The van der Waals surface area contributed by atoms with Gasteiger partial charge in [-0.25, -0.2) is 10.9 Å². The minimum atomic E-state index is 0.593. The normalized spacial score (nSPS) is 9.53. The monoisotopic (exact) mass is 267 g/mol. The molecule has 5 nitrogen and oxygen atoms in total. The molecule has 0 heterocycles. The summed E-state index contributed by atoms with van der Waals surface area (Å²) >= 11 is 0. The lowest BCUT2D eigenvalue weighted by atomic mass is 10.2. The molecule has 0 unspecified atom stereocenters. The van der Waals surface area contributed by atoms with Crippen LogP contribution in [0.4, 0.5) is 11.4 Å². The molecule has 0 fully saturated rings. The number of hydrogen-bond donors (Lipinski definition) is 3. The third kappa shape index (κ3) is 6.67. The number of anilines is 2. The van der Waals surface area contributed by atoms with Gasteiger partial charge in [-0.15, -0.1) is 0 Å². The molecule has 0 spiro atoms. The van der Waals surface area contributed by atoms with E-state index >= 15 is 0 Å². The van der Waals surface area contributed by atoms with Crippen LogP contribution in [0.3, 0.4) is 0 Å². The summed E-state index contributed by atoms with van der Waals surface area (Å²) in [5.74, 6) is 6.49. The fraction of sp³-hybridized carbons (Fsp3) is 0.500. The zero-order valence-electron chi connectivity index (χ0n) is 13.1. The van der Waals surface area contributed by atoms with Crippen molar-refractivity contribution in [2.24, 2.45) is 10.8 Å². The molecule has 0 amide bonds. The molecule has 0 saturated heterocycles. The summed E-state index contributed by atoms with van der Waals surface area (Å²) in [6, 6.07) is 7.39. The molecule has 0 bridgehead atoms. The van der Waals surface area contributed by atoms with E-state index in [0.717, 1.165) is 12.2 Å². The number of rotatable bonds is 2. The van der Waals surface area contributed by atoms with Crippen molar-refractivity contribution in [3.63, 3.8) is 0 Å². The van der Waals surface area contributed by atoms with Crippen molar-refractivity contribution in [1.29, 1.82) is 0 Å². The first-order chi connectivity index (χ1) is 9.20. The van der Waals surface area contributed by atoms with Crippen LogP contribution in [-0.4, -0.2) is 19.6 Å². The van der Waals surface area contributed by atoms with Gasteiger partial charge in [0.25, 0.3) is 0 Å². The molecule has 0 aliphatic heterocycles. The molecule has 0 aromatic heterocycles. The van der Waals surface area contributed by atoms with Crippen LogP contribution in [0.15, 0.2) is 29.3 Å². The van der Waals surface area contributed by atoms with Crippen LogP contribution < -0.4 is 21.9 Å². The lowest BCUT2D eigenvalue weighted by molar-refractivity contribution is 0.913. The molecule has 110 valence electrons. The number of nitrogen functional groups attached to an aromatic ring is 1. The Morgan fingerprint density at radius 1 is 1.21 bits per heavy atom. The summed E-state index contributed by atoms with van der Waals surface area (Å²) in [4.78, 5) is 4.05. The van der Waals surface area contributed by atoms with Gasteiger partial charge in [0.05, 0.1) is 11.4 Å². The van der Waals surface area contributed by atoms with Crippen LogP contribution in [0.5, 0.6) is 0 Å². The van der Waals surface area contributed by atoms with Crippen LogP contribution in [0.2, 0.25) is 0 Å². The molecule has 0 atom stereocenters. The minimum absolute atomic E-state index is 0.593. The van der Waals surface area contributed by atoms with Gasteiger partial charge in [-0.05, 0) is 19.1 Å². The first-order valence-corrected chi connectivity index (χ1v) is 6.80. The number of nitrogens with one attached hydrogen (secondary N) is 1. The van der Waals surface area contributed by atoms with Crippen LogP contribution in [0, 0.1) is 0 Å². The number of aliphatic imine (C=N–C) groups is 1. The fourth-order valence-corrected chi connectivity index (χ4v) is 1.25. The Morgan fingerprint density at radius 2 is 1.74 bits per heavy atom. The third-order valence-corrected chi connectivity index (χ3v) is 1.97. The van der Waals surface area contributed by atoms with E-state index in [9.17, 15) is 0 Å². The van der Waals surface area contributed by atoms with Gasteiger partial charge in [-0.3, -0.25) is 4.99 Å². The molecule has 1 aromatic rings. The second kappa shape index (κ2) is 12.7. The second-order valence-corrected chi connectivity index (χ2v) is 3.01. The van der Waals surface area contributed by atoms with Crippen molar-refractivity contribution in [3.05, 3.63) is 24.3 Å². The predicted octanol–water partition coefficient (Wildman–Crippen LogP) is 2.60. The first-order valence-electron chi connectivity index (χ1n) is 6.80. The molecule has 0 radical (unpaired) electrons. The maximum absolute atomic E-state index is 5.90. The Balaban J connectivity index is 0. The Hall–Kier alpha value is -1.75. The van der Waals surface area contributed by atoms with Gasteiger partial charge in [-0.2, -0.15) is 0 Å². The fourth-order valence-electron chi connectivity index (χ4n) is 1.25. The van der Waals surface area contributed by atoms with Gasteiger partial charge >= 0.3 is 0 Å². The summed E-state index contributed by atoms with van der Waals surface area (Å²) in [6.07, 6.45) is 0. The Kier molecular flexibility index (Phi) is 13.1. The number of hydrogen-bond acceptors (Lipinski definition) is 3. The lowest BCUT2D eigenvalue weighted by Gasteiger charge is -2.22. The number of guanidine groups is 1. The van der Waals surface area contributed by atoms with E-state index < -0.39 is 0 Å². The van der Waals surface area contributed by atoms with Crippen molar-refractivity contribution < 1.29 is 0 Å². The molecule has 0 saturated carbocycles. The highest BCUT2D eigenvalue weighted by Crippen LogP contribution is 2.19. The molecular formula is C14H29N5. The Labute approximate surface area is 117 Å². The van der Waals surface area contributed by atoms with Crippen molar-refractivity contribution in [2.45, 2.75) is 34.6 Å². The first kappa shape index (κ1) is 19.6. The van der Waals surface area contributed by atoms with Gasteiger partial charge in [0.2, 0.25) is 5.96 Å². The average molecular weight is 267 g/mol. The quantitative estimate of drug-likeness (QED) is 0.253. The van der Waals surface area contributed by atoms with E-state index in [4.69, 9.17) is 11.6 Å². The Morgan fingerprint density at radius 3 is 2.16 bits per heavy atom. The summed E-state index contributed by atoms with van der Waals surface area (Å²) in [5, 5.41) is 4.50. The molecule has 0 aliphatic carbocycles. The number of nitrogens with zero attached hydrogens (tertiary/aromatic N) is 2. The number of para-hydroxylation sites is 2. The standard InChI is InChI=1S/C10H17N5.2C2H6/c1-3-14-10(13-2)15(12)9-7-5-4-6-8(9)11;2*1-2/h4-7H,3,11-12H2,1-2H3,(H,13,14);2*1-2H3. The maximum Gasteiger partial charge on any atom is 0.213 e. The highest BCUT2D eigenvalue weighted by molar-refractivity contribution is 5.97. The Bertz CT molecular complexity index is 349. The summed E-state index contributed by atoms with van der Waals surface area (Å²) in [7, 11) is 1.68. The maximum atomic E-state index is 5.90. The van der Waals surface area contributed by atoms with Gasteiger partial charge in [0.15, 0.2) is 0 Å². The van der Waals surface area contributed by atoms with Gasteiger partial charge in [0.1, 0.15) is 0 Å². The topological polar surface area (TPSA) is 79.7 Å². The number of hydrazine groups is 1. The van der Waals surface area contributed by atoms with E-state index in [1.807, 2.05) is 52.8 Å². The summed E-state index contributed by atoms with van der Waals surface area (Å²) < 4.78 is 0. The lowest BCUT2D eigenvalue weighted by Crippen LogP contribution is -2.46. The van der Waals surface area contributed by atoms with E-state index in [2.05, 4.69) is 10.3 Å². The predicted molar refractivity (Wildman–Crippen MR) is 87.3 cm³/mol. The van der Waals surface area contributed by atoms with Crippen LogP contribution in [-0.2, 0) is 0 Å². The van der Waals surface area contributed by atoms with Crippen LogP contribution in [0.1, 0.15) is 34.6 Å². The largest absolute Gasteiger partial charge is 0.397 e. The zero-order chi connectivity index (χ0) is 15.3. The third-order valence-electron chi connectivity index (χ3n) is 1.97. The SMILES string of the molecule is CC.CC.CCNC(=NC)N(N)c1ccccc1N. The summed E-state index contributed by atoms with van der Waals surface area (Å²) in [6.45, 7) is 10.7. The molecule has 19 heavy (non-hydrogen) atoms. The van der Waals surface area contributed by atoms with Gasteiger partial charge in [-0.1, -0.05) is 39.8 Å². The van der Waals surface area contributed by atoms with E-state index in [1.165, 1.54) is 5.01 Å². The second-order valence-electron chi connectivity index (χ2n) is 3.01. The van der Waals surface area contributed by atoms with Crippen molar-refractivity contribution in [1.82, 2.24) is 5.32 Å². The molecule has 0 aliphatic rings. The van der Waals surface area contributed by atoms with Crippen molar-refractivity contribution in [2.75, 3.05) is 24.3 Å². The van der Waals surface area contributed by atoms with Crippen LogP contribution >= 0.6 is 0 Å². The molecule has 1 aromatic carbocycles. The van der Waals surface area contributed by atoms with Crippen molar-refractivity contribution >= 4 is 17.3 Å². The highest BCUT2D eigenvalue weighted by atomic mass is 15.5. The van der Waals surface area contributed by atoms with E-state index in [1.54, 1.807) is 13.1 Å². The van der Waals surface area contributed by atoms with Crippen LogP contribution in [0.25, 0.3) is 0 Å². The molecule has 5 heteroatoms. The highest BCUT2D eigenvalue weighted by Gasteiger charge is 2.09. The molecule has 5 N–H and O–H groups in total. The summed E-state index contributed by atoms with van der Waals surface area (Å²) in [5.41, 5.74) is 7.17. The average Bonchev–Trinajstić information content (AvgIpc) is 2.49. The number of benzene rings is 1. The van der Waals surface area contributed by atoms with E-state index in [-0.39, 0.29) is 0 Å². The van der Waals surface area contributed by atoms with E-state index in [0.29, 0.717) is 11.6 Å².